The quantitative estimate of drug-likeness (QED) is 0.335. The smallest absolute Gasteiger partial charge is 0.433 e. The number of likely N-dealkylation sites (tertiary alicyclic amines) is 1. The van der Waals surface area contributed by atoms with E-state index in [0.29, 0.717) is 17.2 Å². The number of aliphatic imine (C=N–C) groups is 1. The number of halogens is 3. The summed E-state index contributed by atoms with van der Waals surface area (Å²) in [5.74, 6) is 0.258. The van der Waals surface area contributed by atoms with Gasteiger partial charge >= 0.3 is 12.2 Å². The van der Waals surface area contributed by atoms with Gasteiger partial charge in [-0.1, -0.05) is 0 Å². The fourth-order valence-electron chi connectivity index (χ4n) is 5.78. The summed E-state index contributed by atoms with van der Waals surface area (Å²) in [6.45, 7) is 6.64. The van der Waals surface area contributed by atoms with Crippen molar-refractivity contribution in [2.75, 3.05) is 32.8 Å². The molecule has 2 fully saturated rings. The zero-order valence-electron chi connectivity index (χ0n) is 23.8. The van der Waals surface area contributed by atoms with Crippen LogP contribution in [0.2, 0.25) is 0 Å². The number of ether oxygens (including phenoxy) is 1. The molecule has 0 saturated carbocycles. The van der Waals surface area contributed by atoms with Crippen LogP contribution in [0.25, 0.3) is 15.7 Å². The van der Waals surface area contributed by atoms with Crippen LogP contribution in [0.15, 0.2) is 53.8 Å². The number of amides is 3. The maximum atomic E-state index is 14.6. The van der Waals surface area contributed by atoms with Crippen LogP contribution < -0.4 is 10.1 Å². The number of imide groups is 1. The second-order valence-corrected chi connectivity index (χ2v) is 12.5. The van der Waals surface area contributed by atoms with Crippen molar-refractivity contribution in [3.05, 3.63) is 59.5 Å². The van der Waals surface area contributed by atoms with Crippen LogP contribution in [0, 0.1) is 0 Å². The van der Waals surface area contributed by atoms with Crippen molar-refractivity contribution < 1.29 is 27.5 Å². The van der Waals surface area contributed by atoms with Gasteiger partial charge in [-0.3, -0.25) is 20.0 Å². The van der Waals surface area contributed by atoms with Crippen molar-refractivity contribution in [1.29, 1.82) is 0 Å². The van der Waals surface area contributed by atoms with E-state index in [0.717, 1.165) is 29.7 Å². The van der Waals surface area contributed by atoms with Gasteiger partial charge in [0.15, 0.2) is 5.82 Å². The summed E-state index contributed by atoms with van der Waals surface area (Å²) in [5, 5.41) is 3.04. The lowest BCUT2D eigenvalue weighted by atomic mass is 9.92. The van der Waals surface area contributed by atoms with E-state index in [1.54, 1.807) is 26.0 Å². The van der Waals surface area contributed by atoms with Gasteiger partial charge in [0.2, 0.25) is 0 Å². The van der Waals surface area contributed by atoms with E-state index in [1.165, 1.54) is 47.5 Å². The fourth-order valence-corrected chi connectivity index (χ4v) is 6.84. The first-order valence-corrected chi connectivity index (χ1v) is 15.0. The zero-order valence-corrected chi connectivity index (χ0v) is 24.6. The van der Waals surface area contributed by atoms with Crippen LogP contribution >= 0.6 is 11.3 Å². The average Bonchev–Trinajstić information content (AvgIpc) is 3.74. The molecule has 3 aromatic rings. The first-order valence-electron chi connectivity index (χ1n) is 14.2. The maximum absolute atomic E-state index is 14.6. The second kappa shape index (κ2) is 11.0. The molecule has 6 rings (SSSR count). The summed E-state index contributed by atoms with van der Waals surface area (Å²) in [7, 11) is 0. The lowest BCUT2D eigenvalue weighted by Gasteiger charge is -2.31. The monoisotopic (exact) mass is 612 g/mol. The van der Waals surface area contributed by atoms with Gasteiger partial charge in [0.05, 0.1) is 0 Å². The second-order valence-electron chi connectivity index (χ2n) is 11.4. The summed E-state index contributed by atoms with van der Waals surface area (Å²) < 4.78 is 50.5. The minimum atomic E-state index is -4.76. The molecule has 0 bridgehead atoms. The minimum absolute atomic E-state index is 0.0498. The van der Waals surface area contributed by atoms with Crippen molar-refractivity contribution in [2.45, 2.75) is 50.4 Å². The Morgan fingerprint density at radius 2 is 1.81 bits per heavy atom. The summed E-state index contributed by atoms with van der Waals surface area (Å²) >= 11 is 1.23. The number of hydrogen-bond donors (Lipinski definition) is 1. The van der Waals surface area contributed by atoms with Gasteiger partial charge in [0, 0.05) is 47.1 Å². The highest BCUT2D eigenvalue weighted by Gasteiger charge is 2.51. The average molecular weight is 613 g/mol. The maximum Gasteiger partial charge on any atom is 0.433 e. The first-order chi connectivity index (χ1) is 20.5. The third-order valence-electron chi connectivity index (χ3n) is 8.21. The van der Waals surface area contributed by atoms with Gasteiger partial charge in [-0.05, 0) is 81.6 Å². The van der Waals surface area contributed by atoms with Crippen molar-refractivity contribution in [2.24, 2.45) is 4.99 Å². The standard InChI is InChI=1S/C30H31F3N6O3S/c1-28(2)26(40)36-27(41)39(28)13-8-29(25-34-9-5-10-35-25)18-21(24(37-29)30(31,32)33)23-17-19-16-20(6-7-22(19)43-23)42-15-14-38-11-3-4-12-38/h5-7,9-10,16-18H,3-4,8,11-15H2,1-2H3,(H,36,40,41). The number of carbonyl (C=O) groups excluding carboxylic acids is 2. The zero-order chi connectivity index (χ0) is 30.4. The number of rotatable bonds is 9. The molecular weight excluding hydrogens is 581 g/mol. The third kappa shape index (κ3) is 5.63. The fraction of sp³-hybridized carbons (Fsp3) is 0.433. The van der Waals surface area contributed by atoms with Gasteiger partial charge in [-0.2, -0.15) is 13.2 Å². The van der Waals surface area contributed by atoms with E-state index in [1.807, 2.05) is 18.2 Å². The molecule has 3 aliphatic heterocycles. The molecule has 9 nitrogen and oxygen atoms in total. The Morgan fingerprint density at radius 3 is 2.49 bits per heavy atom. The molecule has 1 atom stereocenters. The predicted octanol–water partition coefficient (Wildman–Crippen LogP) is 5.18. The molecule has 0 radical (unpaired) electrons. The van der Waals surface area contributed by atoms with Gasteiger partial charge < -0.3 is 9.64 Å². The molecule has 3 aliphatic rings. The number of hydrogen-bond acceptors (Lipinski definition) is 8. The summed E-state index contributed by atoms with van der Waals surface area (Å²) in [6.07, 6.45) is 1.91. The highest BCUT2D eigenvalue weighted by molar-refractivity contribution is 7.20. The third-order valence-corrected chi connectivity index (χ3v) is 9.36. The van der Waals surface area contributed by atoms with E-state index >= 15 is 0 Å². The molecule has 2 aromatic heterocycles. The molecule has 13 heteroatoms. The molecule has 1 N–H and O–H groups in total. The number of benzene rings is 1. The highest BCUT2D eigenvalue weighted by atomic mass is 32.1. The Bertz CT molecular complexity index is 1610. The lowest BCUT2D eigenvalue weighted by Crippen LogP contribution is -2.46. The number of allylic oxidation sites excluding steroid dienone is 1. The summed E-state index contributed by atoms with van der Waals surface area (Å²) in [6, 6.07) is 8.21. The molecule has 226 valence electrons. The van der Waals surface area contributed by atoms with Crippen LogP contribution in [0.4, 0.5) is 18.0 Å². The number of urea groups is 1. The Balaban J connectivity index is 1.34. The number of carbonyl (C=O) groups is 2. The molecule has 43 heavy (non-hydrogen) atoms. The number of nitrogens with one attached hydrogen (secondary N) is 1. The number of aromatic nitrogens is 2. The number of nitrogens with zero attached hydrogens (tertiary/aromatic N) is 5. The number of fused-ring (bicyclic) bond motifs is 1. The van der Waals surface area contributed by atoms with Crippen LogP contribution in [-0.2, 0) is 10.3 Å². The molecule has 2 saturated heterocycles. The Labute approximate surface area is 250 Å². The van der Waals surface area contributed by atoms with Crippen molar-refractivity contribution in [1.82, 2.24) is 25.1 Å². The molecule has 0 aliphatic carbocycles. The van der Waals surface area contributed by atoms with Gasteiger partial charge in [0.25, 0.3) is 5.91 Å². The van der Waals surface area contributed by atoms with Crippen molar-refractivity contribution in [3.8, 4) is 5.75 Å². The predicted molar refractivity (Wildman–Crippen MR) is 157 cm³/mol. The molecule has 5 heterocycles. The SMILES string of the molecule is CC1(C)C(=O)NC(=O)N1CCC1(c2ncccn2)C=C(c2cc3cc(OCCN4CCCC4)ccc3s2)C(C(F)(F)F)=N1. The van der Waals surface area contributed by atoms with E-state index in [2.05, 4.69) is 25.2 Å². The van der Waals surface area contributed by atoms with Crippen LogP contribution in [-0.4, -0.2) is 81.9 Å². The van der Waals surface area contributed by atoms with Crippen LogP contribution in [0.3, 0.4) is 0 Å². The van der Waals surface area contributed by atoms with Crippen LogP contribution in [0.1, 0.15) is 43.8 Å². The molecule has 3 amide bonds. The largest absolute Gasteiger partial charge is 0.492 e. The Hall–Kier alpha value is -3.84. The summed E-state index contributed by atoms with van der Waals surface area (Å²) in [4.78, 5) is 41.7. The minimum Gasteiger partial charge on any atom is -0.492 e. The first kappa shape index (κ1) is 29.2. The molecule has 0 spiro atoms. The van der Waals surface area contributed by atoms with Crippen molar-refractivity contribution >= 4 is 44.6 Å². The highest BCUT2D eigenvalue weighted by Crippen LogP contribution is 2.46. The topological polar surface area (TPSA) is 100 Å². The van der Waals surface area contributed by atoms with E-state index in [4.69, 9.17) is 4.74 Å². The molecule has 1 unspecified atom stereocenters. The normalized spacial score (nSPS) is 22.3. The van der Waals surface area contributed by atoms with Crippen molar-refractivity contribution in [3.63, 3.8) is 0 Å². The van der Waals surface area contributed by atoms with E-state index in [-0.39, 0.29) is 24.4 Å². The van der Waals surface area contributed by atoms with Crippen LogP contribution in [0.5, 0.6) is 5.75 Å². The molecule has 1 aromatic carbocycles. The lowest BCUT2D eigenvalue weighted by molar-refractivity contribution is -0.125. The summed E-state index contributed by atoms with van der Waals surface area (Å²) in [5.41, 5.74) is -3.88. The number of thiophene rings is 1. The van der Waals surface area contributed by atoms with Gasteiger partial charge in [0.1, 0.15) is 29.1 Å². The van der Waals surface area contributed by atoms with Gasteiger partial charge in [-0.25, -0.2) is 14.8 Å². The van der Waals surface area contributed by atoms with E-state index < -0.39 is 34.9 Å². The van der Waals surface area contributed by atoms with E-state index in [9.17, 15) is 22.8 Å². The number of alkyl halides is 3. The Morgan fingerprint density at radius 1 is 1.07 bits per heavy atom. The Kier molecular flexibility index (Phi) is 7.49. The molecular formula is C30H31F3N6O3S. The van der Waals surface area contributed by atoms with Gasteiger partial charge in [-0.15, -0.1) is 11.3 Å².